The zero-order valence-electron chi connectivity index (χ0n) is 14.5. The molecule has 1 saturated heterocycles. The number of benzene rings is 1. The molecule has 0 radical (unpaired) electrons. The molecular formula is C17H24FN3O3. The van der Waals surface area contributed by atoms with E-state index in [1.54, 1.807) is 45.9 Å². The number of rotatable bonds is 3. The normalized spacial score (nSPS) is 17.7. The van der Waals surface area contributed by atoms with E-state index in [0.29, 0.717) is 24.1 Å². The second kappa shape index (κ2) is 7.17. The van der Waals surface area contributed by atoms with Gasteiger partial charge in [0.25, 0.3) is 0 Å². The topological polar surface area (TPSA) is 70.7 Å². The van der Waals surface area contributed by atoms with Crippen LogP contribution in [0.2, 0.25) is 0 Å². The Morgan fingerprint density at radius 1 is 1.42 bits per heavy atom. The Labute approximate surface area is 141 Å². The minimum absolute atomic E-state index is 0.108. The molecule has 2 N–H and O–H groups in total. The Kier molecular flexibility index (Phi) is 5.43. The summed E-state index contributed by atoms with van der Waals surface area (Å²) >= 11 is 0. The zero-order chi connectivity index (χ0) is 17.9. The van der Waals surface area contributed by atoms with Crippen molar-refractivity contribution >= 4 is 12.0 Å². The van der Waals surface area contributed by atoms with Crippen molar-refractivity contribution in [3.63, 3.8) is 0 Å². The lowest BCUT2D eigenvalue weighted by atomic mass is 10.1. The third kappa shape index (κ3) is 4.67. The summed E-state index contributed by atoms with van der Waals surface area (Å²) in [4.78, 5) is 24.1. The summed E-state index contributed by atoms with van der Waals surface area (Å²) in [5, 5.41) is 3.99. The summed E-state index contributed by atoms with van der Waals surface area (Å²) < 4.78 is 19.2. The highest BCUT2D eigenvalue weighted by molar-refractivity contribution is 5.82. The number of nitrogens with zero attached hydrogens (tertiary/aromatic N) is 1. The summed E-state index contributed by atoms with van der Waals surface area (Å²) in [5.74, 6) is -0.588. The van der Waals surface area contributed by atoms with Gasteiger partial charge in [-0.1, -0.05) is 18.2 Å². The Hall–Kier alpha value is -2.15. The summed E-state index contributed by atoms with van der Waals surface area (Å²) in [7, 11) is 0. The van der Waals surface area contributed by atoms with Crippen LogP contribution in [0.5, 0.6) is 0 Å². The predicted octanol–water partition coefficient (Wildman–Crippen LogP) is 2.26. The summed E-state index contributed by atoms with van der Waals surface area (Å²) in [6.07, 6.45) is -0.0380. The molecule has 0 aromatic heterocycles. The number of carbonyl (C=O) groups is 2. The third-order valence-corrected chi connectivity index (χ3v) is 3.61. The molecule has 0 saturated carbocycles. The number of hydrazine groups is 1. The monoisotopic (exact) mass is 337 g/mol. The first-order valence-corrected chi connectivity index (χ1v) is 7.96. The number of aryl methyl sites for hydroxylation is 1. The first kappa shape index (κ1) is 18.2. The standard InChI is InChI=1S/C17H24FN3O3/c1-11-6-5-7-12(14(11)18)10-19-15(22)13-8-9-21(20-13)16(23)24-17(2,3)4/h5-7,13,20H,8-10H2,1-4H3,(H,19,22)/t13-/m0/s1. The van der Waals surface area contributed by atoms with Crippen LogP contribution in [0.15, 0.2) is 18.2 Å². The van der Waals surface area contributed by atoms with Gasteiger partial charge in [-0.3, -0.25) is 4.79 Å². The Morgan fingerprint density at radius 3 is 2.79 bits per heavy atom. The van der Waals surface area contributed by atoms with E-state index in [9.17, 15) is 14.0 Å². The van der Waals surface area contributed by atoms with E-state index < -0.39 is 17.7 Å². The maximum atomic E-state index is 13.9. The second-order valence-electron chi connectivity index (χ2n) is 6.87. The number of hydrogen-bond acceptors (Lipinski definition) is 4. The Bertz CT molecular complexity index is 628. The van der Waals surface area contributed by atoms with E-state index in [1.165, 1.54) is 5.01 Å². The first-order valence-electron chi connectivity index (χ1n) is 7.96. The van der Waals surface area contributed by atoms with Crippen LogP contribution in [0, 0.1) is 12.7 Å². The van der Waals surface area contributed by atoms with Crippen LogP contribution >= 0.6 is 0 Å². The molecule has 6 nitrogen and oxygen atoms in total. The SMILES string of the molecule is Cc1cccc(CNC(=O)[C@@H]2CCN(C(=O)OC(C)(C)C)N2)c1F. The first-order chi connectivity index (χ1) is 11.2. The minimum Gasteiger partial charge on any atom is -0.443 e. The molecule has 1 aliphatic rings. The average molecular weight is 337 g/mol. The van der Waals surface area contributed by atoms with Crippen molar-refractivity contribution in [2.24, 2.45) is 0 Å². The number of nitrogens with one attached hydrogen (secondary N) is 2. The van der Waals surface area contributed by atoms with Crippen LogP contribution in [0.1, 0.15) is 38.3 Å². The van der Waals surface area contributed by atoms with Crippen molar-refractivity contribution in [2.45, 2.75) is 52.3 Å². The molecule has 0 unspecified atom stereocenters. The maximum Gasteiger partial charge on any atom is 0.424 e. The van der Waals surface area contributed by atoms with Crippen LogP contribution in [0.3, 0.4) is 0 Å². The molecule has 1 aromatic carbocycles. The van der Waals surface area contributed by atoms with Gasteiger partial charge in [-0.2, -0.15) is 0 Å². The van der Waals surface area contributed by atoms with E-state index in [2.05, 4.69) is 10.7 Å². The van der Waals surface area contributed by atoms with E-state index in [4.69, 9.17) is 4.74 Å². The van der Waals surface area contributed by atoms with Crippen molar-refractivity contribution in [3.05, 3.63) is 35.1 Å². The number of ether oxygens (including phenoxy) is 1. The summed E-state index contributed by atoms with van der Waals surface area (Å²) in [6.45, 7) is 7.51. The van der Waals surface area contributed by atoms with Gasteiger partial charge in [0.1, 0.15) is 17.5 Å². The van der Waals surface area contributed by atoms with Gasteiger partial charge < -0.3 is 10.1 Å². The fourth-order valence-corrected chi connectivity index (χ4v) is 2.38. The lowest BCUT2D eigenvalue weighted by Crippen LogP contribution is -2.48. The molecule has 1 heterocycles. The van der Waals surface area contributed by atoms with E-state index in [0.717, 1.165) is 0 Å². The van der Waals surface area contributed by atoms with Gasteiger partial charge in [-0.25, -0.2) is 19.6 Å². The van der Waals surface area contributed by atoms with Crippen LogP contribution in [-0.4, -0.2) is 35.2 Å². The van der Waals surface area contributed by atoms with E-state index in [1.807, 2.05) is 0 Å². The molecule has 1 atom stereocenters. The largest absolute Gasteiger partial charge is 0.443 e. The van der Waals surface area contributed by atoms with Crippen molar-refractivity contribution in [3.8, 4) is 0 Å². The van der Waals surface area contributed by atoms with Crippen molar-refractivity contribution in [1.82, 2.24) is 15.8 Å². The molecule has 0 spiro atoms. The quantitative estimate of drug-likeness (QED) is 0.888. The molecule has 2 amide bonds. The van der Waals surface area contributed by atoms with E-state index in [-0.39, 0.29) is 18.3 Å². The lowest BCUT2D eigenvalue weighted by molar-refractivity contribution is -0.123. The van der Waals surface area contributed by atoms with Gasteiger partial charge >= 0.3 is 6.09 Å². The maximum absolute atomic E-state index is 13.9. The number of halogens is 1. The van der Waals surface area contributed by atoms with Gasteiger partial charge in [0.05, 0.1) is 0 Å². The molecular weight excluding hydrogens is 313 g/mol. The van der Waals surface area contributed by atoms with Gasteiger partial charge in [0.2, 0.25) is 5.91 Å². The summed E-state index contributed by atoms with van der Waals surface area (Å²) in [5.41, 5.74) is 3.21. The summed E-state index contributed by atoms with van der Waals surface area (Å²) in [6, 6.07) is 4.53. The smallest absolute Gasteiger partial charge is 0.424 e. The predicted molar refractivity (Wildman–Crippen MR) is 87.5 cm³/mol. The third-order valence-electron chi connectivity index (χ3n) is 3.61. The number of amides is 2. The highest BCUT2D eigenvalue weighted by Gasteiger charge is 2.32. The number of hydrogen-bond donors (Lipinski definition) is 2. The van der Waals surface area contributed by atoms with Crippen molar-refractivity contribution in [2.75, 3.05) is 6.54 Å². The number of carbonyl (C=O) groups excluding carboxylic acids is 2. The van der Waals surface area contributed by atoms with Crippen molar-refractivity contribution in [1.29, 1.82) is 0 Å². The Balaban J connectivity index is 1.86. The van der Waals surface area contributed by atoms with E-state index >= 15 is 0 Å². The molecule has 0 bridgehead atoms. The zero-order valence-corrected chi connectivity index (χ0v) is 14.5. The Morgan fingerprint density at radius 2 is 2.12 bits per heavy atom. The van der Waals surface area contributed by atoms with Crippen molar-refractivity contribution < 1.29 is 18.7 Å². The molecule has 1 aliphatic heterocycles. The van der Waals surface area contributed by atoms with Crippen LogP contribution in [-0.2, 0) is 16.1 Å². The molecule has 7 heteroatoms. The molecule has 0 aliphatic carbocycles. The minimum atomic E-state index is -0.595. The molecule has 1 aromatic rings. The average Bonchev–Trinajstić information content (AvgIpc) is 2.97. The van der Waals surface area contributed by atoms with Crippen LogP contribution in [0.25, 0.3) is 0 Å². The van der Waals surface area contributed by atoms with Crippen LogP contribution < -0.4 is 10.7 Å². The molecule has 2 rings (SSSR count). The molecule has 24 heavy (non-hydrogen) atoms. The van der Waals surface area contributed by atoms with Gasteiger partial charge in [0, 0.05) is 18.7 Å². The second-order valence-corrected chi connectivity index (χ2v) is 6.87. The molecule has 132 valence electrons. The molecule has 1 fully saturated rings. The lowest BCUT2D eigenvalue weighted by Gasteiger charge is -2.24. The fourth-order valence-electron chi connectivity index (χ4n) is 2.38. The van der Waals surface area contributed by atoms with Gasteiger partial charge in [-0.05, 0) is 39.7 Å². The van der Waals surface area contributed by atoms with Gasteiger partial charge in [-0.15, -0.1) is 0 Å². The highest BCUT2D eigenvalue weighted by atomic mass is 19.1. The van der Waals surface area contributed by atoms with Crippen LogP contribution in [0.4, 0.5) is 9.18 Å². The van der Waals surface area contributed by atoms with Gasteiger partial charge in [0.15, 0.2) is 0 Å². The highest BCUT2D eigenvalue weighted by Crippen LogP contribution is 2.14. The fraction of sp³-hybridized carbons (Fsp3) is 0.529.